The van der Waals surface area contributed by atoms with Crippen LogP contribution in [0, 0.1) is 0 Å². The third-order valence-electron chi connectivity index (χ3n) is 4.57. The van der Waals surface area contributed by atoms with E-state index in [1.165, 1.54) is 0 Å². The number of nitrogens with zero attached hydrogens (tertiary/aromatic N) is 2. The van der Waals surface area contributed by atoms with E-state index in [2.05, 4.69) is 4.98 Å². The van der Waals surface area contributed by atoms with Gasteiger partial charge in [0.2, 0.25) is 0 Å². The van der Waals surface area contributed by atoms with E-state index in [1.807, 2.05) is 35.2 Å². The summed E-state index contributed by atoms with van der Waals surface area (Å²) >= 11 is 0. The van der Waals surface area contributed by atoms with Crippen molar-refractivity contribution in [1.82, 2.24) is 9.88 Å². The average molecular weight is 325 g/mol. The van der Waals surface area contributed by atoms with E-state index in [9.17, 15) is 4.79 Å². The molecule has 1 aliphatic heterocycles. The van der Waals surface area contributed by atoms with Gasteiger partial charge < -0.3 is 15.4 Å². The molecule has 0 spiro atoms. The second kappa shape index (κ2) is 7.45. The van der Waals surface area contributed by atoms with Gasteiger partial charge in [0, 0.05) is 37.1 Å². The molecule has 126 valence electrons. The molecule has 5 heteroatoms. The number of carbonyl (C=O) groups excluding carboxylic acids is 1. The van der Waals surface area contributed by atoms with Crippen LogP contribution >= 0.6 is 0 Å². The second-order valence-corrected chi connectivity index (χ2v) is 6.07. The first-order chi connectivity index (χ1) is 11.7. The van der Waals surface area contributed by atoms with Crippen LogP contribution in [0.2, 0.25) is 0 Å². The molecule has 1 amide bonds. The number of likely N-dealkylation sites (tertiary alicyclic amines) is 1. The van der Waals surface area contributed by atoms with Crippen molar-refractivity contribution in [3.05, 3.63) is 48.3 Å². The monoisotopic (exact) mass is 325 g/mol. The molecule has 1 aromatic heterocycles. The molecule has 5 nitrogen and oxygen atoms in total. The van der Waals surface area contributed by atoms with Crippen LogP contribution < -0.4 is 10.5 Å². The second-order valence-electron chi connectivity index (χ2n) is 6.07. The Morgan fingerprint density at radius 1 is 1.25 bits per heavy atom. The molecule has 1 aliphatic rings. The molecule has 1 atom stereocenters. The molecule has 2 N–H and O–H groups in total. The molecule has 24 heavy (non-hydrogen) atoms. The van der Waals surface area contributed by atoms with Crippen LogP contribution in [0.1, 0.15) is 29.6 Å². The number of nitrogens with two attached hydrogens (primary N) is 1. The van der Waals surface area contributed by atoms with Crippen LogP contribution in [0.4, 0.5) is 0 Å². The maximum absolute atomic E-state index is 12.9. The number of carbonyl (C=O) groups is 1. The normalized spacial score (nSPS) is 17.6. The van der Waals surface area contributed by atoms with Gasteiger partial charge in [-0.1, -0.05) is 12.1 Å². The van der Waals surface area contributed by atoms with Crippen LogP contribution in [0.5, 0.6) is 5.75 Å². The van der Waals surface area contributed by atoms with Gasteiger partial charge in [0.15, 0.2) is 0 Å². The summed E-state index contributed by atoms with van der Waals surface area (Å²) in [5.74, 6) is 0.825. The van der Waals surface area contributed by atoms with E-state index in [0.717, 1.165) is 42.7 Å². The highest BCUT2D eigenvalue weighted by Gasteiger charge is 2.26. The summed E-state index contributed by atoms with van der Waals surface area (Å²) in [4.78, 5) is 19.0. The van der Waals surface area contributed by atoms with Crippen molar-refractivity contribution in [3.8, 4) is 16.9 Å². The molecule has 2 aromatic rings. The van der Waals surface area contributed by atoms with Gasteiger partial charge in [0.1, 0.15) is 5.75 Å². The van der Waals surface area contributed by atoms with E-state index in [-0.39, 0.29) is 11.9 Å². The molecule has 0 radical (unpaired) electrons. The minimum absolute atomic E-state index is 0.0213. The summed E-state index contributed by atoms with van der Waals surface area (Å²) in [5.41, 5.74) is 8.38. The first-order valence-corrected chi connectivity index (χ1v) is 8.33. The largest absolute Gasteiger partial charge is 0.497 e. The van der Waals surface area contributed by atoms with E-state index < -0.39 is 0 Å². The summed E-state index contributed by atoms with van der Waals surface area (Å²) in [6, 6.07) is 9.77. The maximum Gasteiger partial charge on any atom is 0.255 e. The van der Waals surface area contributed by atoms with Crippen molar-refractivity contribution >= 4 is 5.91 Å². The Hall–Kier alpha value is -2.40. The Balaban J connectivity index is 1.85. The molecule has 1 saturated heterocycles. The van der Waals surface area contributed by atoms with Crippen molar-refractivity contribution in [2.24, 2.45) is 5.73 Å². The number of hydrogen-bond acceptors (Lipinski definition) is 4. The number of amides is 1. The van der Waals surface area contributed by atoms with Gasteiger partial charge in [-0.15, -0.1) is 0 Å². The van der Waals surface area contributed by atoms with Gasteiger partial charge in [-0.05, 0) is 43.0 Å². The number of rotatable bonds is 4. The minimum atomic E-state index is 0.0213. The third kappa shape index (κ3) is 3.41. The van der Waals surface area contributed by atoms with Gasteiger partial charge in [0.05, 0.1) is 12.7 Å². The Morgan fingerprint density at radius 2 is 2.04 bits per heavy atom. The van der Waals surface area contributed by atoms with E-state index in [4.69, 9.17) is 10.5 Å². The lowest BCUT2D eigenvalue weighted by Gasteiger charge is -2.35. The molecule has 1 fully saturated rings. The van der Waals surface area contributed by atoms with Crippen LogP contribution in [0.3, 0.4) is 0 Å². The predicted octanol–water partition coefficient (Wildman–Crippen LogP) is 2.71. The average Bonchev–Trinajstić information content (AvgIpc) is 2.67. The quantitative estimate of drug-likeness (QED) is 0.938. The first-order valence-electron chi connectivity index (χ1n) is 8.33. The lowest BCUT2D eigenvalue weighted by atomic mass is 10.00. The third-order valence-corrected chi connectivity index (χ3v) is 4.57. The highest BCUT2D eigenvalue weighted by atomic mass is 16.5. The Labute approximate surface area is 142 Å². The highest BCUT2D eigenvalue weighted by molar-refractivity contribution is 5.95. The molecule has 2 heterocycles. The Kier molecular flexibility index (Phi) is 5.11. The summed E-state index contributed by atoms with van der Waals surface area (Å²) in [6.07, 6.45) is 6.56. The highest BCUT2D eigenvalue weighted by Crippen LogP contribution is 2.24. The number of piperidine rings is 1. The van der Waals surface area contributed by atoms with Gasteiger partial charge in [-0.3, -0.25) is 9.78 Å². The van der Waals surface area contributed by atoms with E-state index >= 15 is 0 Å². The van der Waals surface area contributed by atoms with Crippen LogP contribution in [-0.2, 0) is 0 Å². The fraction of sp³-hybridized carbons (Fsp3) is 0.368. The number of hydrogen-bond donors (Lipinski definition) is 1. The zero-order valence-electron chi connectivity index (χ0n) is 13.9. The Morgan fingerprint density at radius 3 is 2.75 bits per heavy atom. The lowest BCUT2D eigenvalue weighted by Crippen LogP contribution is -2.47. The fourth-order valence-corrected chi connectivity index (χ4v) is 3.18. The molecule has 0 saturated carbocycles. The van der Waals surface area contributed by atoms with Crippen molar-refractivity contribution in [1.29, 1.82) is 0 Å². The van der Waals surface area contributed by atoms with Crippen molar-refractivity contribution in [3.63, 3.8) is 0 Å². The minimum Gasteiger partial charge on any atom is -0.497 e. The zero-order valence-corrected chi connectivity index (χ0v) is 13.9. The molecule has 1 unspecified atom stereocenters. The number of ether oxygens (including phenoxy) is 1. The smallest absolute Gasteiger partial charge is 0.255 e. The molecule has 1 aromatic carbocycles. The molecule has 0 aliphatic carbocycles. The number of aromatic nitrogens is 1. The van der Waals surface area contributed by atoms with Gasteiger partial charge in [0.25, 0.3) is 5.91 Å². The van der Waals surface area contributed by atoms with Crippen molar-refractivity contribution in [2.45, 2.75) is 25.3 Å². The Bertz CT molecular complexity index is 700. The molecular formula is C19H23N3O2. The topological polar surface area (TPSA) is 68.5 Å². The van der Waals surface area contributed by atoms with Crippen LogP contribution in [0.25, 0.3) is 11.1 Å². The standard InChI is InChI=1S/C19H23N3O2/c1-24-18-7-5-14(6-8-18)15-10-16(13-21-12-15)19(23)22-9-3-2-4-17(22)11-20/h5-8,10,12-13,17H,2-4,9,11,20H2,1H3. The van der Waals surface area contributed by atoms with Crippen molar-refractivity contribution < 1.29 is 9.53 Å². The number of pyridine rings is 1. The molecular weight excluding hydrogens is 302 g/mol. The van der Waals surface area contributed by atoms with E-state index in [0.29, 0.717) is 12.1 Å². The number of benzene rings is 1. The zero-order chi connectivity index (χ0) is 16.9. The van der Waals surface area contributed by atoms with Gasteiger partial charge >= 0.3 is 0 Å². The van der Waals surface area contributed by atoms with Crippen LogP contribution in [-0.4, -0.2) is 42.0 Å². The summed E-state index contributed by atoms with van der Waals surface area (Å²) in [6.45, 7) is 1.28. The molecule has 3 rings (SSSR count). The van der Waals surface area contributed by atoms with Gasteiger partial charge in [-0.2, -0.15) is 0 Å². The van der Waals surface area contributed by atoms with Crippen LogP contribution in [0.15, 0.2) is 42.7 Å². The summed E-state index contributed by atoms with van der Waals surface area (Å²) in [7, 11) is 1.64. The van der Waals surface area contributed by atoms with Gasteiger partial charge in [-0.25, -0.2) is 0 Å². The predicted molar refractivity (Wildman–Crippen MR) is 94.0 cm³/mol. The summed E-state index contributed by atoms with van der Waals surface area (Å²) in [5, 5.41) is 0. The SMILES string of the molecule is COc1ccc(-c2cncc(C(=O)N3CCCCC3CN)c2)cc1. The maximum atomic E-state index is 12.9. The lowest BCUT2D eigenvalue weighted by molar-refractivity contribution is 0.0623. The molecule has 0 bridgehead atoms. The van der Waals surface area contributed by atoms with E-state index in [1.54, 1.807) is 19.5 Å². The summed E-state index contributed by atoms with van der Waals surface area (Å²) < 4.78 is 5.18. The first kappa shape index (κ1) is 16.5. The van der Waals surface area contributed by atoms with Crippen molar-refractivity contribution in [2.75, 3.05) is 20.2 Å². The fourth-order valence-electron chi connectivity index (χ4n) is 3.18. The number of methoxy groups -OCH3 is 1.